The predicted octanol–water partition coefficient (Wildman–Crippen LogP) is 8.61. The van der Waals surface area contributed by atoms with E-state index in [0.29, 0.717) is 5.75 Å². The Kier molecular flexibility index (Phi) is 11.2. The molecule has 0 aliphatic carbocycles. The van der Waals surface area contributed by atoms with Gasteiger partial charge in [-0.15, -0.1) is 0 Å². The van der Waals surface area contributed by atoms with E-state index >= 15 is 0 Å². The van der Waals surface area contributed by atoms with Crippen LogP contribution in [0.15, 0.2) is 0 Å². The van der Waals surface area contributed by atoms with E-state index in [1.165, 1.54) is 44.9 Å². The molecule has 1 aliphatic heterocycles. The Morgan fingerprint density at radius 2 is 1.43 bits per heavy atom. The number of benzene rings is 1. The van der Waals surface area contributed by atoms with Crippen molar-refractivity contribution < 1.29 is 23.6 Å². The first kappa shape index (κ1) is 30.2. The van der Waals surface area contributed by atoms with Gasteiger partial charge in [-0.25, -0.2) is 4.57 Å². The van der Waals surface area contributed by atoms with Gasteiger partial charge in [0.15, 0.2) is 0 Å². The van der Waals surface area contributed by atoms with Gasteiger partial charge in [0.25, 0.3) is 0 Å². The van der Waals surface area contributed by atoms with E-state index < -0.39 is 7.82 Å². The lowest BCUT2D eigenvalue weighted by Crippen LogP contribution is -2.37. The lowest BCUT2D eigenvalue weighted by molar-refractivity contribution is 0.0512. The van der Waals surface area contributed by atoms with Crippen LogP contribution in [0.5, 0.6) is 11.5 Å². The fraction of sp³-hybridized carbons (Fsp3) is 0.793. The molecule has 0 saturated heterocycles. The van der Waals surface area contributed by atoms with Crippen LogP contribution in [0.4, 0.5) is 0 Å². The van der Waals surface area contributed by atoms with Gasteiger partial charge in [0, 0.05) is 5.56 Å². The molecule has 0 aromatic heterocycles. The second kappa shape index (κ2) is 13.0. The first-order valence-corrected chi connectivity index (χ1v) is 15.3. The van der Waals surface area contributed by atoms with Gasteiger partial charge in [-0.1, -0.05) is 72.6 Å². The molecule has 1 unspecified atom stereocenters. The number of ether oxygens (including phenoxy) is 1. The Morgan fingerprint density at radius 1 is 0.886 bits per heavy atom. The molecule has 5 nitrogen and oxygen atoms in total. The number of rotatable bonds is 14. The van der Waals surface area contributed by atoms with Gasteiger partial charge in [0.1, 0.15) is 17.1 Å². The quantitative estimate of drug-likeness (QED) is 0.245. The van der Waals surface area contributed by atoms with Crippen molar-refractivity contribution in [3.8, 4) is 11.5 Å². The third kappa shape index (κ3) is 9.41. The maximum atomic E-state index is 11.5. The summed E-state index contributed by atoms with van der Waals surface area (Å²) in [6, 6.07) is 0. The molecule has 2 N–H and O–H groups in total. The smallest absolute Gasteiger partial charge is 0.487 e. The minimum atomic E-state index is -4.61. The summed E-state index contributed by atoms with van der Waals surface area (Å²) in [6.45, 7) is 17.3. The molecule has 0 spiro atoms. The summed E-state index contributed by atoms with van der Waals surface area (Å²) in [4.78, 5) is 18.7. The first-order valence-electron chi connectivity index (χ1n) is 13.8. The molecule has 2 rings (SSSR count). The fourth-order valence-corrected chi connectivity index (χ4v) is 6.03. The van der Waals surface area contributed by atoms with Crippen molar-refractivity contribution in [3.63, 3.8) is 0 Å². The zero-order chi connectivity index (χ0) is 26.4. The molecule has 1 aromatic carbocycles. The van der Waals surface area contributed by atoms with Crippen LogP contribution < -0.4 is 9.26 Å². The molecule has 1 aliphatic rings. The van der Waals surface area contributed by atoms with Crippen molar-refractivity contribution >= 4 is 7.82 Å². The number of hydrogen-bond acceptors (Lipinski definition) is 3. The highest BCUT2D eigenvalue weighted by Crippen LogP contribution is 2.48. The molecule has 0 bridgehead atoms. The average Bonchev–Trinajstić information content (AvgIpc) is 2.74. The Hall–Kier alpha value is -1.03. The van der Waals surface area contributed by atoms with Crippen molar-refractivity contribution in [2.24, 2.45) is 17.8 Å². The molecule has 0 saturated carbocycles. The Balaban J connectivity index is 1.85. The van der Waals surface area contributed by atoms with Crippen molar-refractivity contribution in [1.29, 1.82) is 0 Å². The molecule has 0 fully saturated rings. The normalized spacial score (nSPS) is 19.9. The van der Waals surface area contributed by atoms with Crippen LogP contribution in [-0.4, -0.2) is 15.4 Å². The van der Waals surface area contributed by atoms with Crippen LogP contribution in [0.3, 0.4) is 0 Å². The topological polar surface area (TPSA) is 76.0 Å². The van der Waals surface area contributed by atoms with Crippen molar-refractivity contribution in [2.75, 3.05) is 0 Å². The van der Waals surface area contributed by atoms with Gasteiger partial charge in [0.2, 0.25) is 0 Å². The highest BCUT2D eigenvalue weighted by Gasteiger charge is 2.35. The molecule has 202 valence electrons. The molecule has 35 heavy (non-hydrogen) atoms. The molecule has 1 aromatic rings. The monoisotopic (exact) mass is 510 g/mol. The van der Waals surface area contributed by atoms with E-state index in [9.17, 15) is 14.4 Å². The number of phosphoric ester groups is 1. The molecule has 0 amide bonds. The second-order valence-corrected chi connectivity index (χ2v) is 13.2. The van der Waals surface area contributed by atoms with E-state index in [1.54, 1.807) is 0 Å². The van der Waals surface area contributed by atoms with Crippen molar-refractivity contribution in [2.45, 2.75) is 132 Å². The van der Waals surface area contributed by atoms with Crippen molar-refractivity contribution in [1.82, 2.24) is 0 Å². The SMILES string of the molecule is Cc1c(C)c2c(c(C)c1OP(=O)(O)O)CC[C@@](C)(CCC[C@H](C)CCCC(C)CCCC(C)C)O2. The van der Waals surface area contributed by atoms with Crippen LogP contribution in [0, 0.1) is 38.5 Å². The van der Waals surface area contributed by atoms with Crippen molar-refractivity contribution in [3.05, 3.63) is 22.3 Å². The molecule has 1 heterocycles. The van der Waals surface area contributed by atoms with E-state index in [1.807, 2.05) is 20.8 Å². The lowest BCUT2D eigenvalue weighted by atomic mass is 9.84. The van der Waals surface area contributed by atoms with Crippen LogP contribution in [0.2, 0.25) is 0 Å². The molecule has 3 atom stereocenters. The van der Waals surface area contributed by atoms with Crippen LogP contribution in [0.1, 0.15) is 121 Å². The lowest BCUT2D eigenvalue weighted by Gasteiger charge is -2.38. The van der Waals surface area contributed by atoms with Crippen LogP contribution in [-0.2, 0) is 11.0 Å². The minimum absolute atomic E-state index is 0.201. The standard InChI is InChI=1S/C29H51O5P/c1-20(2)12-9-13-21(3)14-10-15-22(4)16-11-18-29(8)19-17-26-25(7)27(34-35(30,31)32)23(5)24(6)28(26)33-29/h20-22H,9-19H2,1-8H3,(H2,30,31,32)/t21?,22-,29-/m1/s1. The molecule has 6 heteroatoms. The minimum Gasteiger partial charge on any atom is -0.487 e. The number of phosphoric acid groups is 1. The van der Waals surface area contributed by atoms with Gasteiger partial charge in [-0.3, -0.25) is 9.79 Å². The molecular formula is C29H51O5P. The summed E-state index contributed by atoms with van der Waals surface area (Å²) in [6.07, 6.45) is 13.3. The predicted molar refractivity (Wildman–Crippen MR) is 145 cm³/mol. The maximum absolute atomic E-state index is 11.5. The second-order valence-electron chi connectivity index (χ2n) is 12.0. The number of hydrogen-bond donors (Lipinski definition) is 2. The highest BCUT2D eigenvalue weighted by atomic mass is 31.2. The largest absolute Gasteiger partial charge is 0.524 e. The zero-order valence-electron chi connectivity index (χ0n) is 23.6. The Labute approximate surface area is 214 Å². The van der Waals surface area contributed by atoms with E-state index in [-0.39, 0.29) is 5.60 Å². The third-order valence-corrected chi connectivity index (χ3v) is 8.47. The van der Waals surface area contributed by atoms with Gasteiger partial charge in [0.05, 0.1) is 0 Å². The highest BCUT2D eigenvalue weighted by molar-refractivity contribution is 7.46. The summed E-state index contributed by atoms with van der Waals surface area (Å²) in [5.74, 6) is 3.59. The number of fused-ring (bicyclic) bond motifs is 1. The summed E-state index contributed by atoms with van der Waals surface area (Å²) < 4.78 is 23.1. The zero-order valence-corrected chi connectivity index (χ0v) is 24.5. The van der Waals surface area contributed by atoms with Crippen LogP contribution >= 0.6 is 7.82 Å². The van der Waals surface area contributed by atoms with E-state index in [2.05, 4.69) is 34.6 Å². The van der Waals surface area contributed by atoms with E-state index in [4.69, 9.17) is 9.26 Å². The Morgan fingerprint density at radius 3 is 1.97 bits per heavy atom. The third-order valence-electron chi connectivity index (χ3n) is 8.05. The summed E-state index contributed by atoms with van der Waals surface area (Å²) >= 11 is 0. The molecular weight excluding hydrogens is 459 g/mol. The summed E-state index contributed by atoms with van der Waals surface area (Å²) in [7, 11) is -4.61. The average molecular weight is 511 g/mol. The summed E-state index contributed by atoms with van der Waals surface area (Å²) in [5, 5.41) is 0. The summed E-state index contributed by atoms with van der Waals surface area (Å²) in [5.41, 5.74) is 3.24. The fourth-order valence-electron chi connectivity index (χ4n) is 5.52. The first-order chi connectivity index (χ1) is 16.2. The Bertz CT molecular complexity index is 875. The van der Waals surface area contributed by atoms with Gasteiger partial charge in [-0.2, -0.15) is 0 Å². The maximum Gasteiger partial charge on any atom is 0.524 e. The van der Waals surface area contributed by atoms with Crippen LogP contribution in [0.25, 0.3) is 0 Å². The van der Waals surface area contributed by atoms with Gasteiger partial charge < -0.3 is 9.26 Å². The van der Waals surface area contributed by atoms with Gasteiger partial charge in [-0.05, 0) is 87.8 Å². The van der Waals surface area contributed by atoms with E-state index in [0.717, 1.165) is 71.4 Å². The van der Waals surface area contributed by atoms with Gasteiger partial charge >= 0.3 is 7.82 Å². The molecule has 0 radical (unpaired) electrons.